The summed E-state index contributed by atoms with van der Waals surface area (Å²) in [5.74, 6) is 1.07. The smallest absolute Gasteiger partial charge is 0.0783 e. The van der Waals surface area contributed by atoms with Crippen LogP contribution in [0.15, 0.2) is 59.7 Å². The summed E-state index contributed by atoms with van der Waals surface area (Å²) in [5, 5.41) is 8.02. The molecule has 24 heavy (non-hydrogen) atoms. The highest BCUT2D eigenvalue weighted by Gasteiger charge is 2.55. The molecule has 124 valence electrons. The summed E-state index contributed by atoms with van der Waals surface area (Å²) in [6.07, 6.45) is 1.14. The summed E-state index contributed by atoms with van der Waals surface area (Å²) in [5.41, 5.74) is 3.67. The van der Waals surface area contributed by atoms with E-state index in [1.54, 1.807) is 0 Å². The van der Waals surface area contributed by atoms with Crippen LogP contribution in [0.3, 0.4) is 0 Å². The van der Waals surface area contributed by atoms with Gasteiger partial charge in [0.05, 0.1) is 22.5 Å². The van der Waals surface area contributed by atoms with Crippen molar-refractivity contribution in [2.45, 2.75) is 33.2 Å². The molecule has 0 radical (unpaired) electrons. The first-order valence-electron chi connectivity index (χ1n) is 8.68. The lowest BCUT2D eigenvalue weighted by Gasteiger charge is -2.31. The molecule has 1 unspecified atom stereocenters. The molecular weight excluding hydrogens is 316 g/mol. The molecule has 2 aromatic rings. The summed E-state index contributed by atoms with van der Waals surface area (Å²) >= 11 is 6.48. The Labute approximate surface area is 149 Å². The van der Waals surface area contributed by atoms with Crippen molar-refractivity contribution in [1.82, 2.24) is 0 Å². The Balaban J connectivity index is 1.85. The Morgan fingerprint density at radius 2 is 1.71 bits per heavy atom. The van der Waals surface area contributed by atoms with E-state index in [0.717, 1.165) is 17.1 Å². The standard InChI is InChI=1S/C21H23ClN2/c1-14-13-18-19(21(14,2)3)20(15-9-5-4-6-10-15)23-24(18)17-12-8-7-11-16(17)22/h4-12,14,18-19H,13H2,1-3H3/t14?,18-,19+/m1/s1. The summed E-state index contributed by atoms with van der Waals surface area (Å²) in [6, 6.07) is 19.0. The van der Waals surface area contributed by atoms with Crippen molar-refractivity contribution in [1.29, 1.82) is 0 Å². The Morgan fingerprint density at radius 1 is 1.04 bits per heavy atom. The van der Waals surface area contributed by atoms with Crippen LogP contribution in [0.4, 0.5) is 5.69 Å². The highest BCUT2D eigenvalue weighted by Crippen LogP contribution is 2.54. The van der Waals surface area contributed by atoms with Gasteiger partial charge in [0, 0.05) is 5.92 Å². The van der Waals surface area contributed by atoms with Crippen LogP contribution in [0.5, 0.6) is 0 Å². The number of anilines is 1. The molecule has 4 rings (SSSR count). The van der Waals surface area contributed by atoms with Gasteiger partial charge in [-0.05, 0) is 35.4 Å². The maximum atomic E-state index is 6.48. The van der Waals surface area contributed by atoms with Gasteiger partial charge in [0.25, 0.3) is 0 Å². The van der Waals surface area contributed by atoms with E-state index in [9.17, 15) is 0 Å². The summed E-state index contributed by atoms with van der Waals surface area (Å²) in [6.45, 7) is 7.14. The van der Waals surface area contributed by atoms with Gasteiger partial charge in [0.15, 0.2) is 0 Å². The van der Waals surface area contributed by atoms with E-state index in [4.69, 9.17) is 16.7 Å². The molecule has 1 heterocycles. The van der Waals surface area contributed by atoms with Crippen LogP contribution in [0.1, 0.15) is 32.8 Å². The van der Waals surface area contributed by atoms with E-state index in [-0.39, 0.29) is 5.41 Å². The van der Waals surface area contributed by atoms with Crippen molar-refractivity contribution < 1.29 is 0 Å². The highest BCUT2D eigenvalue weighted by molar-refractivity contribution is 6.33. The summed E-state index contributed by atoms with van der Waals surface area (Å²) in [7, 11) is 0. The predicted molar refractivity (Wildman–Crippen MR) is 102 cm³/mol. The molecule has 0 aromatic heterocycles. The number of hydrogen-bond donors (Lipinski definition) is 0. The fourth-order valence-corrected chi connectivity index (χ4v) is 4.57. The van der Waals surface area contributed by atoms with Crippen molar-refractivity contribution in [3.8, 4) is 0 Å². The fourth-order valence-electron chi connectivity index (χ4n) is 4.35. The molecule has 1 aliphatic carbocycles. The van der Waals surface area contributed by atoms with Gasteiger partial charge < -0.3 is 0 Å². The van der Waals surface area contributed by atoms with Crippen LogP contribution in [0, 0.1) is 17.3 Å². The van der Waals surface area contributed by atoms with E-state index in [2.05, 4.69) is 62.2 Å². The number of rotatable bonds is 2. The predicted octanol–water partition coefficient (Wildman–Crippen LogP) is 5.62. The molecular formula is C21H23ClN2. The SMILES string of the molecule is CC1C[C@@H]2[C@@H](C(c3ccccc3)=NN2c2ccccc2Cl)C1(C)C. The second-order valence-corrected chi connectivity index (χ2v) is 8.06. The van der Waals surface area contributed by atoms with Gasteiger partial charge in [-0.1, -0.05) is 74.8 Å². The molecule has 1 fully saturated rings. The highest BCUT2D eigenvalue weighted by atomic mass is 35.5. The zero-order valence-electron chi connectivity index (χ0n) is 14.4. The minimum absolute atomic E-state index is 0.218. The van der Waals surface area contributed by atoms with Crippen molar-refractivity contribution >= 4 is 23.0 Å². The molecule has 1 saturated carbocycles. The minimum Gasteiger partial charge on any atom is -0.260 e. The van der Waals surface area contributed by atoms with Crippen LogP contribution in [-0.4, -0.2) is 11.8 Å². The lowest BCUT2D eigenvalue weighted by molar-refractivity contribution is 0.244. The molecule has 3 atom stereocenters. The third-order valence-electron chi connectivity index (χ3n) is 6.04. The van der Waals surface area contributed by atoms with Crippen molar-refractivity contribution in [3.05, 3.63) is 65.2 Å². The lowest BCUT2D eigenvalue weighted by atomic mass is 9.72. The second-order valence-electron chi connectivity index (χ2n) is 7.65. The number of hydrogen-bond acceptors (Lipinski definition) is 2. The fraction of sp³-hybridized carbons (Fsp3) is 0.381. The number of para-hydroxylation sites is 1. The van der Waals surface area contributed by atoms with E-state index in [0.29, 0.717) is 17.9 Å². The molecule has 1 aliphatic heterocycles. The first kappa shape index (κ1) is 15.7. The largest absolute Gasteiger partial charge is 0.260 e. The topological polar surface area (TPSA) is 15.6 Å². The Kier molecular flexibility index (Phi) is 3.69. The molecule has 0 saturated heterocycles. The number of halogens is 1. The monoisotopic (exact) mass is 338 g/mol. The first-order valence-corrected chi connectivity index (χ1v) is 9.05. The molecule has 3 heteroatoms. The maximum absolute atomic E-state index is 6.48. The maximum Gasteiger partial charge on any atom is 0.0783 e. The Bertz CT molecular complexity index is 781. The van der Waals surface area contributed by atoms with Crippen LogP contribution in [0.2, 0.25) is 5.02 Å². The lowest BCUT2D eigenvalue weighted by Crippen LogP contribution is -2.35. The van der Waals surface area contributed by atoms with Crippen molar-refractivity contribution in [2.75, 3.05) is 5.01 Å². The third-order valence-corrected chi connectivity index (χ3v) is 6.36. The molecule has 2 aromatic carbocycles. The van der Waals surface area contributed by atoms with Gasteiger partial charge in [-0.2, -0.15) is 5.10 Å². The van der Waals surface area contributed by atoms with Crippen LogP contribution in [0.25, 0.3) is 0 Å². The van der Waals surface area contributed by atoms with Gasteiger partial charge in [-0.25, -0.2) is 0 Å². The van der Waals surface area contributed by atoms with E-state index in [1.165, 1.54) is 11.3 Å². The van der Waals surface area contributed by atoms with Gasteiger partial charge >= 0.3 is 0 Å². The van der Waals surface area contributed by atoms with Gasteiger partial charge in [0.1, 0.15) is 0 Å². The van der Waals surface area contributed by atoms with Crippen LogP contribution >= 0.6 is 11.6 Å². The first-order chi connectivity index (χ1) is 11.5. The molecule has 0 bridgehead atoms. The van der Waals surface area contributed by atoms with Gasteiger partial charge in [0.2, 0.25) is 0 Å². The van der Waals surface area contributed by atoms with E-state index < -0.39 is 0 Å². The Hall–Kier alpha value is -1.80. The van der Waals surface area contributed by atoms with Crippen LogP contribution < -0.4 is 5.01 Å². The van der Waals surface area contributed by atoms with Crippen LogP contribution in [-0.2, 0) is 0 Å². The molecule has 2 aliphatic rings. The summed E-state index contributed by atoms with van der Waals surface area (Å²) < 4.78 is 0. The Morgan fingerprint density at radius 3 is 2.42 bits per heavy atom. The zero-order valence-corrected chi connectivity index (χ0v) is 15.2. The average Bonchev–Trinajstić information content (AvgIpc) is 3.05. The van der Waals surface area contributed by atoms with Crippen molar-refractivity contribution in [3.63, 3.8) is 0 Å². The third kappa shape index (κ3) is 2.28. The van der Waals surface area contributed by atoms with E-state index >= 15 is 0 Å². The minimum atomic E-state index is 0.218. The second kappa shape index (κ2) is 5.63. The average molecular weight is 339 g/mol. The molecule has 0 amide bonds. The number of benzene rings is 2. The van der Waals surface area contributed by atoms with Gasteiger partial charge in [-0.15, -0.1) is 0 Å². The number of nitrogens with zero attached hydrogens (tertiary/aromatic N) is 2. The quantitative estimate of drug-likeness (QED) is 0.694. The normalized spacial score (nSPS) is 27.9. The van der Waals surface area contributed by atoms with Gasteiger partial charge in [-0.3, -0.25) is 5.01 Å². The molecule has 0 spiro atoms. The van der Waals surface area contributed by atoms with Crippen molar-refractivity contribution in [2.24, 2.45) is 22.4 Å². The summed E-state index contributed by atoms with van der Waals surface area (Å²) in [4.78, 5) is 0. The number of hydrazone groups is 1. The van der Waals surface area contributed by atoms with E-state index in [1.807, 2.05) is 18.2 Å². The molecule has 0 N–H and O–H groups in total. The number of fused-ring (bicyclic) bond motifs is 1. The zero-order chi connectivity index (χ0) is 16.9. The molecule has 2 nitrogen and oxygen atoms in total.